The number of hydrogen-bond acceptors (Lipinski definition) is 3. The van der Waals surface area contributed by atoms with Gasteiger partial charge in [0.15, 0.2) is 0 Å². The number of rotatable bonds is 6. The molecule has 0 saturated carbocycles. The van der Waals surface area contributed by atoms with Gasteiger partial charge in [0.25, 0.3) is 0 Å². The zero-order chi connectivity index (χ0) is 12.9. The maximum Gasteiger partial charge on any atom is 0.220 e. The lowest BCUT2D eigenvalue weighted by Gasteiger charge is -2.22. The van der Waals surface area contributed by atoms with Gasteiger partial charge in [-0.1, -0.05) is 13.3 Å². The normalized spacial score (nSPS) is 14.4. The highest BCUT2D eigenvalue weighted by molar-refractivity contribution is 5.75. The number of aliphatic hydroxyl groups is 1. The van der Waals surface area contributed by atoms with Gasteiger partial charge >= 0.3 is 0 Å². The highest BCUT2D eigenvalue weighted by Crippen LogP contribution is 2.18. The van der Waals surface area contributed by atoms with Crippen LogP contribution in [-0.4, -0.2) is 27.3 Å². The number of carbonyl (C=O) groups is 1. The zero-order valence-electron chi connectivity index (χ0n) is 10.7. The lowest BCUT2D eigenvalue weighted by atomic mass is 9.99. The van der Waals surface area contributed by atoms with Gasteiger partial charge < -0.3 is 10.4 Å². The average molecular weight is 239 g/mol. The van der Waals surface area contributed by atoms with E-state index < -0.39 is 5.60 Å². The summed E-state index contributed by atoms with van der Waals surface area (Å²) in [6.45, 7) is 3.92. The topological polar surface area (TPSA) is 67.2 Å². The molecule has 1 rings (SSSR count). The molecule has 1 amide bonds. The minimum Gasteiger partial charge on any atom is -0.383 e. The number of hydrogen-bond donors (Lipinski definition) is 2. The summed E-state index contributed by atoms with van der Waals surface area (Å²) < 4.78 is 1.63. The quantitative estimate of drug-likeness (QED) is 0.776. The third-order valence-corrected chi connectivity index (χ3v) is 2.71. The van der Waals surface area contributed by atoms with E-state index >= 15 is 0 Å². The molecule has 0 radical (unpaired) electrons. The second-order valence-electron chi connectivity index (χ2n) is 4.56. The van der Waals surface area contributed by atoms with E-state index in [1.54, 1.807) is 31.0 Å². The van der Waals surface area contributed by atoms with Crippen molar-refractivity contribution in [1.82, 2.24) is 15.1 Å². The van der Waals surface area contributed by atoms with Crippen LogP contribution in [0.2, 0.25) is 0 Å². The molecule has 5 heteroatoms. The van der Waals surface area contributed by atoms with Gasteiger partial charge in [-0.2, -0.15) is 5.10 Å². The van der Waals surface area contributed by atoms with E-state index in [9.17, 15) is 9.90 Å². The minimum absolute atomic E-state index is 0.0176. The second-order valence-corrected chi connectivity index (χ2v) is 4.56. The van der Waals surface area contributed by atoms with E-state index in [4.69, 9.17) is 0 Å². The van der Waals surface area contributed by atoms with Crippen LogP contribution in [0.5, 0.6) is 0 Å². The molecule has 0 bridgehead atoms. The Hall–Kier alpha value is -1.36. The summed E-state index contributed by atoms with van der Waals surface area (Å²) in [5.74, 6) is -0.0176. The third-order valence-electron chi connectivity index (χ3n) is 2.71. The molecule has 1 aromatic rings. The monoisotopic (exact) mass is 239 g/mol. The molecule has 1 heterocycles. The highest BCUT2D eigenvalue weighted by atomic mass is 16.3. The van der Waals surface area contributed by atoms with E-state index in [2.05, 4.69) is 10.4 Å². The third kappa shape index (κ3) is 4.19. The first-order valence-corrected chi connectivity index (χ1v) is 5.94. The first-order valence-electron chi connectivity index (χ1n) is 5.94. The molecule has 0 aliphatic carbocycles. The van der Waals surface area contributed by atoms with E-state index in [0.717, 1.165) is 12.8 Å². The first kappa shape index (κ1) is 13.7. The lowest BCUT2D eigenvalue weighted by Crippen LogP contribution is -2.38. The largest absolute Gasteiger partial charge is 0.383 e. The Morgan fingerprint density at radius 2 is 2.35 bits per heavy atom. The van der Waals surface area contributed by atoms with Crippen molar-refractivity contribution in [2.75, 3.05) is 6.54 Å². The van der Waals surface area contributed by atoms with Crippen LogP contribution in [0.25, 0.3) is 0 Å². The van der Waals surface area contributed by atoms with E-state index in [1.165, 1.54) is 0 Å². The molecule has 1 aromatic heterocycles. The van der Waals surface area contributed by atoms with Crippen molar-refractivity contribution in [2.24, 2.45) is 7.05 Å². The number of aryl methyl sites for hydroxylation is 1. The Morgan fingerprint density at radius 3 is 2.88 bits per heavy atom. The Morgan fingerprint density at radius 1 is 1.65 bits per heavy atom. The molecule has 0 aromatic carbocycles. The summed E-state index contributed by atoms with van der Waals surface area (Å²) in [4.78, 5) is 11.4. The second kappa shape index (κ2) is 5.82. The van der Waals surface area contributed by atoms with Crippen LogP contribution in [0.1, 0.15) is 38.7 Å². The number of carbonyl (C=O) groups excluding carboxylic acids is 1. The number of amides is 1. The van der Waals surface area contributed by atoms with Crippen molar-refractivity contribution in [1.29, 1.82) is 0 Å². The van der Waals surface area contributed by atoms with Gasteiger partial charge in [0, 0.05) is 25.2 Å². The minimum atomic E-state index is -1.07. The van der Waals surface area contributed by atoms with Gasteiger partial charge in [-0.25, -0.2) is 0 Å². The van der Waals surface area contributed by atoms with Gasteiger partial charge in [-0.15, -0.1) is 0 Å². The van der Waals surface area contributed by atoms with Gasteiger partial charge in [0.05, 0.1) is 12.7 Å². The van der Waals surface area contributed by atoms with Crippen molar-refractivity contribution in [3.05, 3.63) is 18.0 Å². The van der Waals surface area contributed by atoms with Crippen LogP contribution in [-0.2, 0) is 17.4 Å². The predicted molar refractivity (Wildman–Crippen MR) is 65.3 cm³/mol. The van der Waals surface area contributed by atoms with Gasteiger partial charge in [-0.05, 0) is 13.3 Å². The molecule has 96 valence electrons. The highest BCUT2D eigenvalue weighted by Gasteiger charge is 2.25. The molecule has 0 spiro atoms. The fourth-order valence-electron chi connectivity index (χ4n) is 1.50. The van der Waals surface area contributed by atoms with Crippen LogP contribution in [0.3, 0.4) is 0 Å². The Kier molecular flexibility index (Phi) is 4.69. The van der Waals surface area contributed by atoms with Crippen LogP contribution >= 0.6 is 0 Å². The summed E-state index contributed by atoms with van der Waals surface area (Å²) >= 11 is 0. The van der Waals surface area contributed by atoms with Crippen molar-refractivity contribution in [3.63, 3.8) is 0 Å². The van der Waals surface area contributed by atoms with Crippen molar-refractivity contribution in [2.45, 2.75) is 38.7 Å². The molecule has 1 unspecified atom stereocenters. The molecule has 5 nitrogen and oxygen atoms in total. The number of nitrogens with one attached hydrogen (secondary N) is 1. The molecule has 0 saturated heterocycles. The molecular weight excluding hydrogens is 218 g/mol. The van der Waals surface area contributed by atoms with Crippen molar-refractivity contribution >= 4 is 5.91 Å². The Bertz CT molecular complexity index is 372. The van der Waals surface area contributed by atoms with Crippen LogP contribution in [0, 0.1) is 0 Å². The Balaban J connectivity index is 2.47. The van der Waals surface area contributed by atoms with Gasteiger partial charge in [0.2, 0.25) is 5.91 Å². The van der Waals surface area contributed by atoms with Crippen LogP contribution < -0.4 is 5.32 Å². The molecule has 0 fully saturated rings. The van der Waals surface area contributed by atoms with E-state index in [1.807, 2.05) is 6.92 Å². The fraction of sp³-hybridized carbons (Fsp3) is 0.667. The summed E-state index contributed by atoms with van der Waals surface area (Å²) in [6.07, 6.45) is 5.74. The van der Waals surface area contributed by atoms with Gasteiger partial charge in [0.1, 0.15) is 5.60 Å². The number of unbranched alkanes of at least 4 members (excludes halogenated alkanes) is 1. The summed E-state index contributed by atoms with van der Waals surface area (Å²) in [5.41, 5.74) is -0.369. The average Bonchev–Trinajstić information content (AvgIpc) is 2.71. The fourth-order valence-corrected chi connectivity index (χ4v) is 1.50. The molecule has 17 heavy (non-hydrogen) atoms. The number of aromatic nitrogens is 2. The van der Waals surface area contributed by atoms with E-state index in [-0.39, 0.29) is 12.5 Å². The van der Waals surface area contributed by atoms with Crippen LogP contribution in [0.4, 0.5) is 0 Å². The standard InChI is InChI=1S/C12H21N3O2/c1-4-5-6-11(16)13-9-12(2,17)10-7-14-15(3)8-10/h7-8,17H,4-6,9H2,1-3H3,(H,13,16). The smallest absolute Gasteiger partial charge is 0.220 e. The van der Waals surface area contributed by atoms with E-state index in [0.29, 0.717) is 12.0 Å². The lowest BCUT2D eigenvalue weighted by molar-refractivity contribution is -0.122. The molecule has 1 atom stereocenters. The molecular formula is C12H21N3O2. The number of nitrogens with zero attached hydrogens (tertiary/aromatic N) is 2. The van der Waals surface area contributed by atoms with Gasteiger partial charge in [-0.3, -0.25) is 9.48 Å². The van der Waals surface area contributed by atoms with Crippen molar-refractivity contribution in [3.8, 4) is 0 Å². The summed E-state index contributed by atoms with van der Waals surface area (Å²) in [7, 11) is 1.79. The molecule has 0 aliphatic heterocycles. The summed E-state index contributed by atoms with van der Waals surface area (Å²) in [6, 6.07) is 0. The Labute approximate surface area is 102 Å². The maximum absolute atomic E-state index is 11.4. The van der Waals surface area contributed by atoms with Crippen molar-refractivity contribution < 1.29 is 9.90 Å². The predicted octanol–water partition coefficient (Wildman–Crippen LogP) is 0.934. The first-order chi connectivity index (χ1) is 7.95. The SMILES string of the molecule is CCCCC(=O)NCC(C)(O)c1cnn(C)c1. The zero-order valence-corrected chi connectivity index (χ0v) is 10.7. The van der Waals surface area contributed by atoms with Crippen LogP contribution in [0.15, 0.2) is 12.4 Å². The molecule has 2 N–H and O–H groups in total. The maximum atomic E-state index is 11.4. The molecule has 0 aliphatic rings. The summed E-state index contributed by atoms with van der Waals surface area (Å²) in [5, 5.41) is 16.9.